The van der Waals surface area contributed by atoms with Gasteiger partial charge in [-0.2, -0.15) is 0 Å². The maximum absolute atomic E-state index is 12.9. The molecule has 0 spiro atoms. The minimum Gasteiger partial charge on any atom is -0.352 e. The molecule has 0 aliphatic heterocycles. The van der Waals surface area contributed by atoms with Gasteiger partial charge < -0.3 is 10.6 Å². The van der Waals surface area contributed by atoms with E-state index in [-0.39, 0.29) is 35.7 Å². The van der Waals surface area contributed by atoms with E-state index >= 15 is 0 Å². The Morgan fingerprint density at radius 3 is 1.48 bits per heavy atom. The Morgan fingerprint density at radius 1 is 0.655 bits per heavy atom. The van der Waals surface area contributed by atoms with Gasteiger partial charge in [-0.1, -0.05) is 67.1 Å². The van der Waals surface area contributed by atoms with Crippen molar-refractivity contribution in [3.63, 3.8) is 0 Å². The lowest BCUT2D eigenvalue weighted by Crippen LogP contribution is -2.41. The molecule has 3 fully saturated rings. The highest BCUT2D eigenvalue weighted by Crippen LogP contribution is 2.43. The van der Waals surface area contributed by atoms with Crippen molar-refractivity contribution in [2.75, 3.05) is 0 Å². The molecule has 29 heavy (non-hydrogen) atoms. The number of carbonyl (C=O) groups excluding carboxylic acids is 2. The highest BCUT2D eigenvalue weighted by molar-refractivity contribution is 5.89. The van der Waals surface area contributed by atoms with Gasteiger partial charge >= 0.3 is 0 Å². The molecule has 3 aliphatic rings. The van der Waals surface area contributed by atoms with E-state index in [1.54, 1.807) is 0 Å². The van der Waals surface area contributed by atoms with Crippen LogP contribution in [0.15, 0.2) is 60.7 Å². The number of nitrogens with one attached hydrogen (secondary N) is 2. The van der Waals surface area contributed by atoms with Gasteiger partial charge in [0.15, 0.2) is 0 Å². The Bertz CT molecular complexity index is 809. The average molecular weight is 389 g/mol. The minimum atomic E-state index is -0.180. The Hall–Kier alpha value is -2.62. The van der Waals surface area contributed by atoms with Gasteiger partial charge in [-0.15, -0.1) is 0 Å². The third kappa shape index (κ3) is 3.93. The zero-order valence-corrected chi connectivity index (χ0v) is 16.6. The van der Waals surface area contributed by atoms with E-state index in [1.165, 1.54) is 11.1 Å². The summed E-state index contributed by atoms with van der Waals surface area (Å²) in [5.41, 5.74) is 2.58. The normalized spacial score (nSPS) is 32.4. The van der Waals surface area contributed by atoms with Crippen LogP contribution in [0.3, 0.4) is 0 Å². The summed E-state index contributed by atoms with van der Waals surface area (Å²) in [6.45, 7) is 0. The van der Waals surface area contributed by atoms with Gasteiger partial charge in [0.1, 0.15) is 0 Å². The molecule has 0 saturated heterocycles. The summed E-state index contributed by atoms with van der Waals surface area (Å²) >= 11 is 0. The number of benzene rings is 2. The maximum Gasteiger partial charge on any atom is 0.224 e. The lowest BCUT2D eigenvalue weighted by molar-refractivity contribution is -0.133. The SMILES string of the molecule is O=C(N[C@@H]1C[C@H]1c1ccccc1)[C@H]1CCC[C@@H]1C(=O)N[C@@H]1C[C@H]1c1ccccc1. The molecule has 4 nitrogen and oxygen atoms in total. The van der Waals surface area contributed by atoms with E-state index in [9.17, 15) is 9.59 Å². The fraction of sp³-hybridized carbons (Fsp3) is 0.440. The van der Waals surface area contributed by atoms with Crippen LogP contribution >= 0.6 is 0 Å². The second-order valence-electron chi connectivity index (χ2n) is 8.88. The second kappa shape index (κ2) is 7.66. The first-order chi connectivity index (χ1) is 14.2. The molecule has 0 unspecified atom stereocenters. The molecule has 0 aromatic heterocycles. The van der Waals surface area contributed by atoms with Crippen molar-refractivity contribution in [2.24, 2.45) is 11.8 Å². The number of hydrogen-bond acceptors (Lipinski definition) is 2. The first-order valence-electron chi connectivity index (χ1n) is 10.9. The molecular formula is C25H28N2O2. The monoisotopic (exact) mass is 388 g/mol. The smallest absolute Gasteiger partial charge is 0.224 e. The first kappa shape index (κ1) is 18.4. The van der Waals surface area contributed by atoms with E-state index in [4.69, 9.17) is 0 Å². The molecule has 4 heteroatoms. The summed E-state index contributed by atoms with van der Waals surface area (Å²) in [5, 5.41) is 6.43. The predicted molar refractivity (Wildman–Crippen MR) is 112 cm³/mol. The summed E-state index contributed by atoms with van der Waals surface area (Å²) in [6.07, 6.45) is 4.59. The summed E-state index contributed by atoms with van der Waals surface area (Å²) in [5.74, 6) is 0.628. The molecule has 2 amide bonds. The van der Waals surface area contributed by atoms with Crippen LogP contribution in [-0.2, 0) is 9.59 Å². The summed E-state index contributed by atoms with van der Waals surface area (Å²) in [6, 6.07) is 21.2. The van der Waals surface area contributed by atoms with Crippen LogP contribution in [0.5, 0.6) is 0 Å². The van der Waals surface area contributed by atoms with E-state index in [1.807, 2.05) is 36.4 Å². The first-order valence-corrected chi connectivity index (χ1v) is 10.9. The van der Waals surface area contributed by atoms with Gasteiger partial charge in [0.2, 0.25) is 11.8 Å². The van der Waals surface area contributed by atoms with Crippen LogP contribution in [0.4, 0.5) is 0 Å². The quantitative estimate of drug-likeness (QED) is 0.792. The predicted octanol–water partition coefficient (Wildman–Crippen LogP) is 3.75. The molecule has 5 rings (SSSR count). The molecule has 0 radical (unpaired) electrons. The topological polar surface area (TPSA) is 58.2 Å². The highest BCUT2D eigenvalue weighted by atomic mass is 16.2. The van der Waals surface area contributed by atoms with E-state index in [2.05, 4.69) is 34.9 Å². The van der Waals surface area contributed by atoms with E-state index < -0.39 is 0 Å². The van der Waals surface area contributed by atoms with Crippen molar-refractivity contribution in [3.8, 4) is 0 Å². The summed E-state index contributed by atoms with van der Waals surface area (Å²) < 4.78 is 0. The zero-order chi connectivity index (χ0) is 19.8. The van der Waals surface area contributed by atoms with E-state index in [0.29, 0.717) is 11.8 Å². The fourth-order valence-electron chi connectivity index (χ4n) is 5.01. The van der Waals surface area contributed by atoms with Gasteiger partial charge in [-0.05, 0) is 36.8 Å². The van der Waals surface area contributed by atoms with Crippen molar-refractivity contribution < 1.29 is 9.59 Å². The van der Waals surface area contributed by atoms with Crippen molar-refractivity contribution in [3.05, 3.63) is 71.8 Å². The van der Waals surface area contributed by atoms with Gasteiger partial charge in [0.25, 0.3) is 0 Å². The van der Waals surface area contributed by atoms with Gasteiger partial charge in [0, 0.05) is 35.8 Å². The van der Waals surface area contributed by atoms with Crippen molar-refractivity contribution in [1.82, 2.24) is 10.6 Å². The maximum atomic E-state index is 12.9. The van der Waals surface area contributed by atoms with Crippen LogP contribution < -0.4 is 10.6 Å². The molecular weight excluding hydrogens is 360 g/mol. The summed E-state index contributed by atoms with van der Waals surface area (Å²) in [7, 11) is 0. The largest absolute Gasteiger partial charge is 0.352 e. The molecule has 0 heterocycles. The lowest BCUT2D eigenvalue weighted by Gasteiger charge is -2.19. The Morgan fingerprint density at radius 2 is 1.07 bits per heavy atom. The second-order valence-corrected chi connectivity index (χ2v) is 8.88. The van der Waals surface area contributed by atoms with Crippen molar-refractivity contribution in [2.45, 2.75) is 56.0 Å². The molecule has 3 aliphatic carbocycles. The van der Waals surface area contributed by atoms with Crippen LogP contribution in [0, 0.1) is 11.8 Å². The van der Waals surface area contributed by atoms with Crippen LogP contribution in [0.1, 0.15) is 55.1 Å². The number of rotatable bonds is 6. The number of amides is 2. The average Bonchev–Trinajstić information content (AvgIpc) is 3.65. The molecule has 6 atom stereocenters. The summed E-state index contributed by atoms with van der Waals surface area (Å²) in [4.78, 5) is 25.8. The third-order valence-corrected chi connectivity index (χ3v) is 6.88. The van der Waals surface area contributed by atoms with E-state index in [0.717, 1.165) is 32.1 Å². The molecule has 2 aromatic carbocycles. The van der Waals surface area contributed by atoms with Gasteiger partial charge in [-0.3, -0.25) is 9.59 Å². The van der Waals surface area contributed by atoms with Crippen LogP contribution in [0.2, 0.25) is 0 Å². The minimum absolute atomic E-state index is 0.0708. The molecule has 150 valence electrons. The highest BCUT2D eigenvalue weighted by Gasteiger charge is 2.46. The molecule has 2 aromatic rings. The zero-order valence-electron chi connectivity index (χ0n) is 16.6. The standard InChI is InChI=1S/C25H28N2O2/c28-24(26-22-14-20(22)16-8-3-1-4-9-16)18-12-7-13-19(18)25(29)27-23-15-21(23)17-10-5-2-6-11-17/h1-6,8-11,18-23H,7,12-15H2,(H,26,28)(H,27,29)/t18-,19-,20-,21-,22+,23+/m0/s1. The lowest BCUT2D eigenvalue weighted by atomic mass is 9.94. The third-order valence-electron chi connectivity index (χ3n) is 6.88. The molecule has 0 bridgehead atoms. The van der Waals surface area contributed by atoms with Crippen LogP contribution in [-0.4, -0.2) is 23.9 Å². The van der Waals surface area contributed by atoms with Crippen molar-refractivity contribution in [1.29, 1.82) is 0 Å². The van der Waals surface area contributed by atoms with Crippen molar-refractivity contribution >= 4 is 11.8 Å². The van der Waals surface area contributed by atoms with Gasteiger partial charge in [-0.25, -0.2) is 0 Å². The molecule has 3 saturated carbocycles. The number of carbonyl (C=O) groups is 2. The van der Waals surface area contributed by atoms with Crippen LogP contribution in [0.25, 0.3) is 0 Å². The van der Waals surface area contributed by atoms with Gasteiger partial charge in [0.05, 0.1) is 0 Å². The number of hydrogen-bond donors (Lipinski definition) is 2. The fourth-order valence-corrected chi connectivity index (χ4v) is 5.01. The Balaban J connectivity index is 1.14. The Labute approximate surface area is 172 Å². The molecule has 2 N–H and O–H groups in total. The Kier molecular flexibility index (Phi) is 4.86.